The Morgan fingerprint density at radius 1 is 1.38 bits per heavy atom. The van der Waals surface area contributed by atoms with Crippen LogP contribution < -0.4 is 10.6 Å². The van der Waals surface area contributed by atoms with Crippen LogP contribution in [0.25, 0.3) is 0 Å². The Hall–Kier alpha value is -0.770. The van der Waals surface area contributed by atoms with Crippen LogP contribution in [0.1, 0.15) is 39.0 Å². The van der Waals surface area contributed by atoms with Crippen LogP contribution in [0.15, 0.2) is 0 Å². The minimum absolute atomic E-state index is 0.00239. The van der Waals surface area contributed by atoms with Crippen molar-refractivity contribution in [3.05, 3.63) is 0 Å². The van der Waals surface area contributed by atoms with Gasteiger partial charge < -0.3 is 15.4 Å². The van der Waals surface area contributed by atoms with Crippen molar-refractivity contribution in [3.8, 4) is 0 Å². The molecule has 1 atom stereocenters. The molecule has 2 rings (SSSR count). The van der Waals surface area contributed by atoms with Gasteiger partial charge in [-0.15, -0.1) is 0 Å². The summed E-state index contributed by atoms with van der Waals surface area (Å²) in [6, 6.07) is 0.366. The van der Waals surface area contributed by atoms with E-state index in [2.05, 4.69) is 17.6 Å². The van der Waals surface area contributed by atoms with Gasteiger partial charge in [-0.2, -0.15) is 0 Å². The Bertz CT molecular complexity index is 249. The number of rotatable bonds is 3. The van der Waals surface area contributed by atoms with E-state index in [-0.39, 0.29) is 6.03 Å². The normalized spacial score (nSPS) is 27.2. The largest absolute Gasteiger partial charge is 0.381 e. The zero-order chi connectivity index (χ0) is 11.4. The van der Waals surface area contributed by atoms with Crippen molar-refractivity contribution in [1.82, 2.24) is 10.6 Å². The molecule has 0 aromatic carbocycles. The van der Waals surface area contributed by atoms with E-state index >= 15 is 0 Å². The van der Waals surface area contributed by atoms with Crippen molar-refractivity contribution in [1.29, 1.82) is 0 Å². The zero-order valence-corrected chi connectivity index (χ0v) is 10.1. The lowest BCUT2D eigenvalue weighted by molar-refractivity contribution is -0.0511. The highest BCUT2D eigenvalue weighted by Gasteiger charge is 2.47. The summed E-state index contributed by atoms with van der Waals surface area (Å²) in [5.74, 6) is 0. The molecule has 92 valence electrons. The number of hydrogen-bond acceptors (Lipinski definition) is 2. The standard InChI is InChI=1S/C12H22N2O2/c1-2-7-13-11(15)14-10-3-4-12(10)5-8-16-9-6-12/h10H,2-9H2,1H3,(H2,13,14,15). The van der Waals surface area contributed by atoms with Gasteiger partial charge in [0.25, 0.3) is 0 Å². The third kappa shape index (κ3) is 2.32. The summed E-state index contributed by atoms with van der Waals surface area (Å²) in [5.41, 5.74) is 0.349. The molecule has 4 heteroatoms. The van der Waals surface area contributed by atoms with Crippen molar-refractivity contribution in [3.63, 3.8) is 0 Å². The van der Waals surface area contributed by atoms with Gasteiger partial charge in [0, 0.05) is 25.8 Å². The predicted molar refractivity (Wildman–Crippen MR) is 62.3 cm³/mol. The van der Waals surface area contributed by atoms with Crippen molar-refractivity contribution < 1.29 is 9.53 Å². The van der Waals surface area contributed by atoms with Crippen molar-refractivity contribution in [2.45, 2.75) is 45.1 Å². The summed E-state index contributed by atoms with van der Waals surface area (Å²) >= 11 is 0. The van der Waals surface area contributed by atoms with Crippen LogP contribution in [-0.4, -0.2) is 31.8 Å². The van der Waals surface area contributed by atoms with E-state index in [9.17, 15) is 4.79 Å². The number of carbonyl (C=O) groups is 1. The van der Waals surface area contributed by atoms with Gasteiger partial charge in [-0.1, -0.05) is 6.92 Å². The lowest BCUT2D eigenvalue weighted by atomic mass is 9.60. The summed E-state index contributed by atoms with van der Waals surface area (Å²) in [4.78, 5) is 11.6. The number of carbonyl (C=O) groups excluding carboxylic acids is 1. The quantitative estimate of drug-likeness (QED) is 0.769. The van der Waals surface area contributed by atoms with Crippen LogP contribution in [0.5, 0.6) is 0 Å². The maximum atomic E-state index is 11.6. The molecule has 1 saturated heterocycles. The van der Waals surface area contributed by atoms with E-state index < -0.39 is 0 Å². The lowest BCUT2D eigenvalue weighted by Gasteiger charge is -2.51. The first-order valence-electron chi connectivity index (χ1n) is 6.39. The molecule has 1 spiro atoms. The molecule has 1 aliphatic carbocycles. The first kappa shape index (κ1) is 11.7. The monoisotopic (exact) mass is 226 g/mol. The molecule has 0 aromatic heterocycles. The van der Waals surface area contributed by atoms with E-state index in [0.29, 0.717) is 11.5 Å². The molecule has 2 aliphatic rings. The van der Waals surface area contributed by atoms with Crippen LogP contribution >= 0.6 is 0 Å². The van der Waals surface area contributed by atoms with Crippen LogP contribution in [-0.2, 0) is 4.74 Å². The van der Waals surface area contributed by atoms with Crippen LogP contribution in [0.2, 0.25) is 0 Å². The lowest BCUT2D eigenvalue weighted by Crippen LogP contribution is -2.58. The van der Waals surface area contributed by atoms with E-state index in [1.165, 1.54) is 6.42 Å². The molecular formula is C12H22N2O2. The molecule has 1 saturated carbocycles. The minimum atomic E-state index is -0.00239. The molecule has 0 bridgehead atoms. The smallest absolute Gasteiger partial charge is 0.315 e. The summed E-state index contributed by atoms with van der Waals surface area (Å²) in [6.45, 7) is 4.53. The molecule has 0 radical (unpaired) electrons. The molecule has 4 nitrogen and oxygen atoms in total. The van der Waals surface area contributed by atoms with Gasteiger partial charge in [-0.05, 0) is 37.5 Å². The topological polar surface area (TPSA) is 50.4 Å². The Balaban J connectivity index is 1.79. The second kappa shape index (κ2) is 5.04. The Morgan fingerprint density at radius 2 is 2.12 bits per heavy atom. The van der Waals surface area contributed by atoms with Crippen LogP contribution in [0.3, 0.4) is 0 Å². The number of hydrogen-bond donors (Lipinski definition) is 2. The van der Waals surface area contributed by atoms with Gasteiger partial charge in [0.1, 0.15) is 0 Å². The summed E-state index contributed by atoms with van der Waals surface area (Å²) in [6.07, 6.45) is 5.56. The van der Waals surface area contributed by atoms with E-state index in [0.717, 1.165) is 45.4 Å². The number of ether oxygens (including phenoxy) is 1. The van der Waals surface area contributed by atoms with Crippen molar-refractivity contribution in [2.75, 3.05) is 19.8 Å². The predicted octanol–water partition coefficient (Wildman–Crippen LogP) is 1.65. The van der Waals surface area contributed by atoms with Gasteiger partial charge in [0.15, 0.2) is 0 Å². The summed E-state index contributed by atoms with van der Waals surface area (Å²) in [7, 11) is 0. The highest BCUT2D eigenvalue weighted by molar-refractivity contribution is 5.74. The third-order valence-electron chi connectivity index (χ3n) is 4.00. The van der Waals surface area contributed by atoms with Crippen LogP contribution in [0.4, 0.5) is 4.79 Å². The molecule has 1 unspecified atom stereocenters. The fraction of sp³-hybridized carbons (Fsp3) is 0.917. The molecule has 0 aromatic rings. The molecule has 2 fully saturated rings. The highest BCUT2D eigenvalue weighted by Crippen LogP contribution is 2.48. The maximum Gasteiger partial charge on any atom is 0.315 e. The summed E-state index contributed by atoms with van der Waals surface area (Å²) in [5, 5.41) is 5.98. The van der Waals surface area contributed by atoms with E-state index in [1.807, 2.05) is 0 Å². The molecule has 1 heterocycles. The number of nitrogens with one attached hydrogen (secondary N) is 2. The first-order valence-corrected chi connectivity index (χ1v) is 6.39. The van der Waals surface area contributed by atoms with Crippen molar-refractivity contribution >= 4 is 6.03 Å². The van der Waals surface area contributed by atoms with Crippen LogP contribution in [0, 0.1) is 5.41 Å². The maximum absolute atomic E-state index is 11.6. The van der Waals surface area contributed by atoms with Gasteiger partial charge in [-0.3, -0.25) is 0 Å². The SMILES string of the molecule is CCCNC(=O)NC1CCC12CCOCC2. The minimum Gasteiger partial charge on any atom is -0.381 e. The second-order valence-electron chi connectivity index (χ2n) is 4.97. The molecule has 1 aliphatic heterocycles. The average Bonchev–Trinajstić information content (AvgIpc) is 2.33. The van der Waals surface area contributed by atoms with Gasteiger partial charge in [0.05, 0.1) is 0 Å². The van der Waals surface area contributed by atoms with Gasteiger partial charge in [-0.25, -0.2) is 4.79 Å². The number of amides is 2. The Morgan fingerprint density at radius 3 is 2.69 bits per heavy atom. The molecule has 2 N–H and O–H groups in total. The molecule has 2 amide bonds. The van der Waals surface area contributed by atoms with E-state index in [4.69, 9.17) is 4.74 Å². The zero-order valence-electron chi connectivity index (χ0n) is 10.1. The van der Waals surface area contributed by atoms with Crippen molar-refractivity contribution in [2.24, 2.45) is 5.41 Å². The summed E-state index contributed by atoms with van der Waals surface area (Å²) < 4.78 is 5.39. The van der Waals surface area contributed by atoms with Gasteiger partial charge >= 0.3 is 6.03 Å². The third-order valence-corrected chi connectivity index (χ3v) is 4.00. The fourth-order valence-electron chi connectivity index (χ4n) is 2.75. The molecule has 16 heavy (non-hydrogen) atoms. The highest BCUT2D eigenvalue weighted by atomic mass is 16.5. The first-order chi connectivity index (χ1) is 7.77. The molecular weight excluding hydrogens is 204 g/mol. The average molecular weight is 226 g/mol. The Kier molecular flexibility index (Phi) is 3.69. The van der Waals surface area contributed by atoms with E-state index in [1.54, 1.807) is 0 Å². The fourth-order valence-corrected chi connectivity index (χ4v) is 2.75. The Labute approximate surface area is 97.1 Å². The second-order valence-corrected chi connectivity index (χ2v) is 4.97. The number of urea groups is 1. The van der Waals surface area contributed by atoms with Gasteiger partial charge in [0.2, 0.25) is 0 Å².